The summed E-state index contributed by atoms with van der Waals surface area (Å²) < 4.78 is 23.9. The number of nitrogens with zero attached hydrogens (tertiary/aromatic N) is 6. The number of aryl methyl sites for hydroxylation is 2. The fraction of sp³-hybridized carbons (Fsp3) is 0.382. The summed E-state index contributed by atoms with van der Waals surface area (Å²) in [5.41, 5.74) is 5.15. The van der Waals surface area contributed by atoms with Gasteiger partial charge in [0.15, 0.2) is 11.6 Å². The number of anilines is 1. The molecule has 6 heterocycles. The molecule has 9 nitrogen and oxygen atoms in total. The number of piperidine rings is 1. The molecule has 0 radical (unpaired) electrons. The van der Waals surface area contributed by atoms with Crippen molar-refractivity contribution in [1.82, 2.24) is 24.4 Å². The number of carbonyl (C=O) groups excluding carboxylic acids is 1. The van der Waals surface area contributed by atoms with Crippen LogP contribution in [0.2, 0.25) is 0 Å². The van der Waals surface area contributed by atoms with E-state index in [0.29, 0.717) is 76.6 Å². The predicted molar refractivity (Wildman–Crippen MR) is 176 cm³/mol. The Kier molecular flexibility index (Phi) is 7.04. The van der Waals surface area contributed by atoms with Crippen molar-refractivity contribution >= 4 is 37.3 Å². The van der Waals surface area contributed by atoms with E-state index in [1.54, 1.807) is 16.8 Å². The van der Waals surface area contributed by atoms with Crippen LogP contribution in [0, 0.1) is 25.1 Å². The van der Waals surface area contributed by atoms with E-state index in [0.717, 1.165) is 29.7 Å². The highest BCUT2D eigenvalue weighted by atomic mass is 31.0. The van der Waals surface area contributed by atoms with E-state index >= 15 is 4.39 Å². The quantitative estimate of drug-likeness (QED) is 0.239. The molecule has 1 aromatic carbocycles. The van der Waals surface area contributed by atoms with Crippen molar-refractivity contribution in [3.05, 3.63) is 75.9 Å². The second-order valence-electron chi connectivity index (χ2n) is 12.8. The maximum absolute atomic E-state index is 15.8. The van der Waals surface area contributed by atoms with Gasteiger partial charge < -0.3 is 14.5 Å². The average Bonchev–Trinajstić information content (AvgIpc) is 3.01. The minimum atomic E-state index is -0.468. The van der Waals surface area contributed by atoms with Crippen LogP contribution < -0.4 is 20.6 Å². The second-order valence-corrected chi connectivity index (χ2v) is 13.5. The number of pyridine rings is 2. The zero-order chi connectivity index (χ0) is 31.8. The molecule has 1 unspecified atom stereocenters. The van der Waals surface area contributed by atoms with Gasteiger partial charge in [-0.15, -0.1) is 9.24 Å². The topological polar surface area (TPSA) is 93.5 Å². The zero-order valence-corrected chi connectivity index (χ0v) is 27.1. The third-order valence-electron chi connectivity index (χ3n) is 9.60. The van der Waals surface area contributed by atoms with Crippen molar-refractivity contribution in [1.29, 1.82) is 0 Å². The fourth-order valence-corrected chi connectivity index (χ4v) is 7.44. The summed E-state index contributed by atoms with van der Waals surface area (Å²) >= 11 is 0. The third-order valence-corrected chi connectivity index (χ3v) is 10.0. The van der Waals surface area contributed by atoms with Crippen molar-refractivity contribution in [3.63, 3.8) is 0 Å². The van der Waals surface area contributed by atoms with E-state index in [2.05, 4.69) is 30.7 Å². The Hall–Kier alpha value is -4.17. The second kappa shape index (κ2) is 10.7. The lowest BCUT2D eigenvalue weighted by atomic mass is 9.72. The third kappa shape index (κ3) is 4.56. The SMILES string of the molecule is C=CC(=O)N1CC2(CCN(c3nc(=O)n(-c4c(C)ccnc4C(C)C)c4c5c(c(C)nc34)-c3c(ccc(P)c3F)CO5)CC2)C1. The summed E-state index contributed by atoms with van der Waals surface area (Å²) in [5, 5.41) is 0.450. The van der Waals surface area contributed by atoms with Gasteiger partial charge in [-0.05, 0) is 50.3 Å². The summed E-state index contributed by atoms with van der Waals surface area (Å²) in [7, 11) is 2.46. The highest BCUT2D eigenvalue weighted by molar-refractivity contribution is 7.27. The first-order valence-electron chi connectivity index (χ1n) is 15.3. The monoisotopic (exact) mass is 626 g/mol. The summed E-state index contributed by atoms with van der Waals surface area (Å²) in [4.78, 5) is 44.8. The van der Waals surface area contributed by atoms with Crippen molar-refractivity contribution in [2.24, 2.45) is 5.41 Å². The first-order chi connectivity index (χ1) is 21.5. The van der Waals surface area contributed by atoms with Gasteiger partial charge >= 0.3 is 5.69 Å². The van der Waals surface area contributed by atoms with Crippen LogP contribution in [-0.2, 0) is 11.4 Å². The number of likely N-dealkylation sites (tertiary alicyclic amines) is 1. The molecule has 1 atom stereocenters. The van der Waals surface area contributed by atoms with Crippen molar-refractivity contribution < 1.29 is 13.9 Å². The van der Waals surface area contributed by atoms with Gasteiger partial charge in [0.1, 0.15) is 23.5 Å². The molecule has 3 aromatic heterocycles. The van der Waals surface area contributed by atoms with Crippen LogP contribution in [0.25, 0.3) is 27.8 Å². The lowest BCUT2D eigenvalue weighted by Gasteiger charge is -2.53. The molecule has 11 heteroatoms. The van der Waals surface area contributed by atoms with Gasteiger partial charge in [0.2, 0.25) is 5.91 Å². The largest absolute Gasteiger partial charge is 0.486 e. The van der Waals surface area contributed by atoms with E-state index in [4.69, 9.17) is 9.72 Å². The number of amides is 1. The summed E-state index contributed by atoms with van der Waals surface area (Å²) in [6.45, 7) is 14.4. The Bertz CT molecular complexity index is 1970. The molecular weight excluding hydrogens is 590 g/mol. The number of hydrogen-bond acceptors (Lipinski definition) is 7. The van der Waals surface area contributed by atoms with Gasteiger partial charge in [-0.3, -0.25) is 14.3 Å². The number of hydrogen-bond donors (Lipinski definition) is 0. The van der Waals surface area contributed by atoms with Crippen LogP contribution in [-0.4, -0.2) is 56.5 Å². The number of aromatic nitrogens is 4. The van der Waals surface area contributed by atoms with E-state index in [1.165, 1.54) is 6.08 Å². The van der Waals surface area contributed by atoms with Crippen LogP contribution in [0.15, 0.2) is 41.8 Å². The van der Waals surface area contributed by atoms with Gasteiger partial charge in [0.25, 0.3) is 0 Å². The minimum Gasteiger partial charge on any atom is -0.486 e. The Morgan fingerprint density at radius 3 is 2.56 bits per heavy atom. The number of ether oxygens (including phenoxy) is 1. The van der Waals surface area contributed by atoms with Crippen molar-refractivity contribution in [2.75, 3.05) is 31.1 Å². The van der Waals surface area contributed by atoms with Crippen molar-refractivity contribution in [2.45, 2.75) is 53.1 Å². The highest BCUT2D eigenvalue weighted by Crippen LogP contribution is 2.47. The molecule has 0 saturated carbocycles. The fourth-order valence-electron chi connectivity index (χ4n) is 7.20. The predicted octanol–water partition coefficient (Wildman–Crippen LogP) is 4.73. The summed E-state index contributed by atoms with van der Waals surface area (Å²) in [5.74, 6) is 0.544. The van der Waals surface area contributed by atoms with Crippen LogP contribution in [0.1, 0.15) is 55.1 Å². The molecule has 1 spiro atoms. The van der Waals surface area contributed by atoms with Gasteiger partial charge in [0.05, 0.1) is 16.9 Å². The number of rotatable bonds is 4. The number of benzene rings is 1. The number of carbonyl (C=O) groups is 1. The first-order valence-corrected chi connectivity index (χ1v) is 15.9. The van der Waals surface area contributed by atoms with Gasteiger partial charge in [-0.1, -0.05) is 32.6 Å². The Morgan fingerprint density at radius 1 is 1.13 bits per heavy atom. The standard InChI is InChI=1S/C34H36FN6O3P/c1-6-23(42)40-16-34(17-40)10-13-39(14-11-34)32-28-30(41(33(43)38-32)29-19(4)9-12-36-27(29)18(2)3)31-24(20(5)37-28)25-21(15-44-31)7-8-22(45)26(25)35/h6-9,12,18H,1,10-11,13-17,45H2,2-5H3. The maximum Gasteiger partial charge on any atom is 0.354 e. The lowest BCUT2D eigenvalue weighted by molar-refractivity contribution is -0.139. The van der Waals surface area contributed by atoms with Crippen LogP contribution in [0.5, 0.6) is 5.75 Å². The number of fused-ring (bicyclic) bond motifs is 5. The first kappa shape index (κ1) is 29.5. The van der Waals surface area contributed by atoms with Gasteiger partial charge in [0, 0.05) is 59.9 Å². The molecule has 232 valence electrons. The molecule has 1 amide bonds. The summed E-state index contributed by atoms with van der Waals surface area (Å²) in [6.07, 6.45) is 4.82. The molecule has 45 heavy (non-hydrogen) atoms. The molecule has 7 rings (SSSR count). The highest BCUT2D eigenvalue weighted by Gasteiger charge is 2.46. The molecule has 3 aliphatic rings. The molecule has 2 fully saturated rings. The molecular formula is C34H36FN6O3P. The Balaban J connectivity index is 1.45. The Labute approximate surface area is 263 Å². The van der Waals surface area contributed by atoms with E-state index < -0.39 is 5.69 Å². The van der Waals surface area contributed by atoms with Gasteiger partial charge in [-0.25, -0.2) is 14.2 Å². The molecule has 3 aliphatic heterocycles. The van der Waals surface area contributed by atoms with E-state index in [1.807, 2.05) is 44.7 Å². The molecule has 4 aromatic rings. The zero-order valence-electron chi connectivity index (χ0n) is 26.0. The molecule has 0 bridgehead atoms. The lowest BCUT2D eigenvalue weighted by Crippen LogP contribution is -2.61. The van der Waals surface area contributed by atoms with Crippen LogP contribution in [0.3, 0.4) is 0 Å². The van der Waals surface area contributed by atoms with E-state index in [9.17, 15) is 9.59 Å². The van der Waals surface area contributed by atoms with Gasteiger partial charge in [-0.2, -0.15) is 4.98 Å². The molecule has 0 N–H and O–H groups in total. The van der Waals surface area contributed by atoms with E-state index in [-0.39, 0.29) is 29.7 Å². The average molecular weight is 627 g/mol. The Morgan fingerprint density at radius 2 is 1.87 bits per heavy atom. The normalized spacial score (nSPS) is 16.8. The number of halogens is 1. The minimum absolute atomic E-state index is 0.0165. The van der Waals surface area contributed by atoms with Crippen LogP contribution in [0.4, 0.5) is 10.2 Å². The smallest absolute Gasteiger partial charge is 0.354 e. The molecule has 2 saturated heterocycles. The summed E-state index contributed by atoms with van der Waals surface area (Å²) in [6, 6.07) is 5.47. The van der Waals surface area contributed by atoms with Crippen molar-refractivity contribution in [3.8, 4) is 22.6 Å². The molecule has 0 aliphatic carbocycles. The van der Waals surface area contributed by atoms with Crippen LogP contribution >= 0.6 is 9.24 Å². The maximum atomic E-state index is 15.8.